The highest BCUT2D eigenvalue weighted by Crippen LogP contribution is 2.27. The number of hydrogen-bond donors (Lipinski definition) is 0. The van der Waals surface area contributed by atoms with Crippen LogP contribution >= 0.6 is 11.3 Å². The molecule has 13 heavy (non-hydrogen) atoms. The molecule has 2 rings (SSSR count). The number of hydrogen-bond acceptors (Lipinski definition) is 2. The van der Waals surface area contributed by atoms with Crippen molar-refractivity contribution in [2.75, 3.05) is 0 Å². The van der Waals surface area contributed by atoms with Gasteiger partial charge in [0.25, 0.3) is 0 Å². The second-order valence-electron chi connectivity index (χ2n) is 3.70. The quantitative estimate of drug-likeness (QED) is 0.722. The molecule has 1 aromatic rings. The van der Waals surface area contributed by atoms with Crippen molar-refractivity contribution in [3.8, 4) is 0 Å². The van der Waals surface area contributed by atoms with Crippen LogP contribution in [0.4, 0.5) is 0 Å². The summed E-state index contributed by atoms with van der Waals surface area (Å²) in [7, 11) is 0. The average Bonchev–Trinajstić information content (AvgIpc) is 2.74. The summed E-state index contributed by atoms with van der Waals surface area (Å²) in [6.45, 7) is 0. The summed E-state index contributed by atoms with van der Waals surface area (Å²) in [6, 6.07) is 4.07. The van der Waals surface area contributed by atoms with Crippen LogP contribution < -0.4 is 0 Å². The highest BCUT2D eigenvalue weighted by Gasteiger charge is 2.22. The minimum absolute atomic E-state index is 0.377. The minimum atomic E-state index is 0.377. The van der Waals surface area contributed by atoms with Crippen molar-refractivity contribution in [1.82, 2.24) is 0 Å². The van der Waals surface area contributed by atoms with Gasteiger partial charge in [-0.05, 0) is 24.3 Å². The third-order valence-electron chi connectivity index (χ3n) is 2.74. The molecule has 0 unspecified atom stereocenters. The molecule has 0 saturated heterocycles. The fraction of sp³-hybridized carbons (Fsp3) is 0.545. The molecule has 0 amide bonds. The molecule has 1 aliphatic carbocycles. The summed E-state index contributed by atoms with van der Waals surface area (Å²) < 4.78 is 0. The second-order valence-corrected chi connectivity index (χ2v) is 4.74. The highest BCUT2D eigenvalue weighted by molar-refractivity contribution is 7.10. The fourth-order valence-electron chi connectivity index (χ4n) is 1.98. The van der Waals surface area contributed by atoms with Gasteiger partial charge < -0.3 is 0 Å². The van der Waals surface area contributed by atoms with E-state index in [0.29, 0.717) is 18.1 Å². The SMILES string of the molecule is O=C(Cc1cccs1)C1CCCC1. The molecule has 1 saturated carbocycles. The minimum Gasteiger partial charge on any atom is -0.299 e. The lowest BCUT2D eigenvalue weighted by Gasteiger charge is -2.05. The molecule has 0 N–H and O–H groups in total. The Hall–Kier alpha value is -0.630. The Morgan fingerprint density at radius 2 is 2.23 bits per heavy atom. The van der Waals surface area contributed by atoms with Crippen molar-refractivity contribution < 1.29 is 4.79 Å². The van der Waals surface area contributed by atoms with E-state index in [1.807, 2.05) is 11.4 Å². The molecule has 0 aromatic carbocycles. The van der Waals surface area contributed by atoms with Gasteiger partial charge in [-0.1, -0.05) is 18.9 Å². The third kappa shape index (κ3) is 2.19. The van der Waals surface area contributed by atoms with Gasteiger partial charge in [-0.25, -0.2) is 0 Å². The first-order valence-corrected chi connectivity index (χ1v) is 5.79. The van der Waals surface area contributed by atoms with E-state index in [0.717, 1.165) is 12.8 Å². The number of Topliss-reactive ketones (excluding diaryl/α,β-unsaturated/α-hetero) is 1. The van der Waals surface area contributed by atoms with Gasteiger partial charge in [0.2, 0.25) is 0 Å². The normalized spacial score (nSPS) is 17.8. The van der Waals surface area contributed by atoms with E-state index >= 15 is 0 Å². The van der Waals surface area contributed by atoms with Gasteiger partial charge in [-0.15, -0.1) is 11.3 Å². The molecule has 70 valence electrons. The Morgan fingerprint density at radius 1 is 1.46 bits per heavy atom. The maximum Gasteiger partial charge on any atom is 0.141 e. The molecule has 2 heteroatoms. The lowest BCUT2D eigenvalue weighted by molar-refractivity contribution is -0.121. The molecule has 0 spiro atoms. The molecule has 0 bridgehead atoms. The fourth-order valence-corrected chi connectivity index (χ4v) is 2.69. The largest absolute Gasteiger partial charge is 0.299 e. The molecule has 0 aliphatic heterocycles. The molecule has 1 aromatic heterocycles. The maximum atomic E-state index is 11.7. The van der Waals surface area contributed by atoms with Gasteiger partial charge in [-0.3, -0.25) is 4.79 Å². The Labute approximate surface area is 82.8 Å². The van der Waals surface area contributed by atoms with Gasteiger partial charge in [0.15, 0.2) is 0 Å². The van der Waals surface area contributed by atoms with Crippen LogP contribution in [-0.2, 0) is 11.2 Å². The topological polar surface area (TPSA) is 17.1 Å². The number of carbonyl (C=O) groups excluding carboxylic acids is 1. The lowest BCUT2D eigenvalue weighted by Crippen LogP contribution is -2.12. The third-order valence-corrected chi connectivity index (χ3v) is 3.62. The van der Waals surface area contributed by atoms with Gasteiger partial charge in [-0.2, -0.15) is 0 Å². The van der Waals surface area contributed by atoms with Crippen molar-refractivity contribution in [2.45, 2.75) is 32.1 Å². The number of thiophene rings is 1. The first-order valence-electron chi connectivity index (χ1n) is 4.91. The van der Waals surface area contributed by atoms with E-state index in [4.69, 9.17) is 0 Å². The highest BCUT2D eigenvalue weighted by atomic mass is 32.1. The van der Waals surface area contributed by atoms with Crippen LogP contribution in [0.25, 0.3) is 0 Å². The van der Waals surface area contributed by atoms with E-state index in [9.17, 15) is 4.79 Å². The number of ketones is 1. The molecular formula is C11H14OS. The Bertz CT molecular complexity index is 270. The van der Waals surface area contributed by atoms with Crippen LogP contribution in [0.2, 0.25) is 0 Å². The summed E-state index contributed by atoms with van der Waals surface area (Å²) >= 11 is 1.69. The number of carbonyl (C=O) groups is 1. The van der Waals surface area contributed by atoms with Crippen LogP contribution in [0, 0.1) is 5.92 Å². The van der Waals surface area contributed by atoms with E-state index in [1.165, 1.54) is 17.7 Å². The van der Waals surface area contributed by atoms with Gasteiger partial charge in [0, 0.05) is 17.2 Å². The van der Waals surface area contributed by atoms with Crippen molar-refractivity contribution >= 4 is 17.1 Å². The molecular weight excluding hydrogens is 180 g/mol. The van der Waals surface area contributed by atoms with Crippen molar-refractivity contribution in [1.29, 1.82) is 0 Å². The average molecular weight is 194 g/mol. The summed E-state index contributed by atoms with van der Waals surface area (Å²) in [5.74, 6) is 0.835. The maximum absolute atomic E-state index is 11.7. The zero-order valence-corrected chi connectivity index (χ0v) is 8.48. The molecule has 1 nitrogen and oxygen atoms in total. The Morgan fingerprint density at radius 3 is 2.85 bits per heavy atom. The molecule has 1 aliphatic rings. The van der Waals surface area contributed by atoms with Crippen LogP contribution in [0.5, 0.6) is 0 Å². The number of rotatable bonds is 3. The van der Waals surface area contributed by atoms with E-state index in [2.05, 4.69) is 6.07 Å². The molecule has 1 heterocycles. The zero-order valence-electron chi connectivity index (χ0n) is 7.66. The summed E-state index contributed by atoms with van der Waals surface area (Å²) in [6.07, 6.45) is 5.43. The predicted molar refractivity (Wildman–Crippen MR) is 55.0 cm³/mol. The monoisotopic (exact) mass is 194 g/mol. The smallest absolute Gasteiger partial charge is 0.141 e. The summed E-state index contributed by atoms with van der Waals surface area (Å²) in [5, 5.41) is 2.04. The van der Waals surface area contributed by atoms with Gasteiger partial charge >= 0.3 is 0 Å². The summed E-state index contributed by atoms with van der Waals surface area (Å²) in [4.78, 5) is 12.9. The van der Waals surface area contributed by atoms with Crippen molar-refractivity contribution in [3.63, 3.8) is 0 Å². The Kier molecular flexibility index (Phi) is 2.79. The van der Waals surface area contributed by atoms with Crippen molar-refractivity contribution in [2.24, 2.45) is 5.92 Å². The van der Waals surface area contributed by atoms with Crippen molar-refractivity contribution in [3.05, 3.63) is 22.4 Å². The van der Waals surface area contributed by atoms with Crippen LogP contribution in [0.1, 0.15) is 30.6 Å². The first kappa shape index (κ1) is 8.95. The predicted octanol–water partition coefficient (Wildman–Crippen LogP) is 3.05. The molecule has 0 radical (unpaired) electrons. The second kappa shape index (κ2) is 4.05. The van der Waals surface area contributed by atoms with Gasteiger partial charge in [0.05, 0.1) is 0 Å². The Balaban J connectivity index is 1.91. The zero-order chi connectivity index (χ0) is 9.10. The van der Waals surface area contributed by atoms with Crippen LogP contribution in [0.15, 0.2) is 17.5 Å². The molecule has 1 fully saturated rings. The standard InChI is InChI=1S/C11H14OS/c12-11(9-4-1-2-5-9)8-10-6-3-7-13-10/h3,6-7,9H,1-2,4-5,8H2. The first-order chi connectivity index (χ1) is 6.36. The van der Waals surface area contributed by atoms with Crippen LogP contribution in [-0.4, -0.2) is 5.78 Å². The summed E-state index contributed by atoms with van der Waals surface area (Å²) in [5.41, 5.74) is 0. The lowest BCUT2D eigenvalue weighted by atomic mass is 10.00. The molecule has 0 atom stereocenters. The van der Waals surface area contributed by atoms with Gasteiger partial charge in [0.1, 0.15) is 5.78 Å². The van der Waals surface area contributed by atoms with E-state index in [-0.39, 0.29) is 0 Å². The van der Waals surface area contributed by atoms with Crippen LogP contribution in [0.3, 0.4) is 0 Å². The van der Waals surface area contributed by atoms with E-state index < -0.39 is 0 Å². The van der Waals surface area contributed by atoms with E-state index in [1.54, 1.807) is 11.3 Å².